The number of carbonyl (C=O) groups excluding carboxylic acids is 3. The summed E-state index contributed by atoms with van der Waals surface area (Å²) in [6.45, 7) is 1.95. The third-order valence-electron chi connectivity index (χ3n) is 3.90. The SMILES string of the molecule is CCc1ccc(C(=O)Nc2ccc(N3C(=O)CCCC3=O)cc2)o1. The number of hydrogen-bond donors (Lipinski definition) is 1. The van der Waals surface area contributed by atoms with Crippen molar-refractivity contribution in [3.8, 4) is 0 Å². The highest BCUT2D eigenvalue weighted by molar-refractivity contribution is 6.16. The van der Waals surface area contributed by atoms with Crippen LogP contribution in [-0.4, -0.2) is 17.7 Å². The summed E-state index contributed by atoms with van der Waals surface area (Å²) in [5, 5.41) is 2.73. The van der Waals surface area contributed by atoms with E-state index in [2.05, 4.69) is 5.32 Å². The van der Waals surface area contributed by atoms with Crippen LogP contribution in [0.1, 0.15) is 42.5 Å². The van der Waals surface area contributed by atoms with Crippen LogP contribution in [-0.2, 0) is 16.0 Å². The first-order chi connectivity index (χ1) is 11.6. The second-order valence-corrected chi connectivity index (χ2v) is 5.60. The second kappa shape index (κ2) is 6.70. The summed E-state index contributed by atoms with van der Waals surface area (Å²) in [7, 11) is 0. The highest BCUT2D eigenvalue weighted by Crippen LogP contribution is 2.24. The van der Waals surface area contributed by atoms with Crippen LogP contribution in [0.3, 0.4) is 0 Å². The highest BCUT2D eigenvalue weighted by Gasteiger charge is 2.27. The van der Waals surface area contributed by atoms with Gasteiger partial charge in [-0.2, -0.15) is 0 Å². The Morgan fingerprint density at radius 2 is 1.75 bits per heavy atom. The van der Waals surface area contributed by atoms with E-state index < -0.39 is 0 Å². The molecule has 1 aromatic heterocycles. The van der Waals surface area contributed by atoms with Crippen molar-refractivity contribution < 1.29 is 18.8 Å². The highest BCUT2D eigenvalue weighted by atomic mass is 16.3. The van der Waals surface area contributed by atoms with E-state index in [1.54, 1.807) is 36.4 Å². The molecular weight excluding hydrogens is 308 g/mol. The number of piperidine rings is 1. The average molecular weight is 326 g/mol. The molecular formula is C18H18N2O4. The lowest BCUT2D eigenvalue weighted by Crippen LogP contribution is -2.40. The number of nitrogens with one attached hydrogen (secondary N) is 1. The number of furan rings is 1. The maximum absolute atomic E-state index is 12.1. The first-order valence-corrected chi connectivity index (χ1v) is 7.94. The van der Waals surface area contributed by atoms with Crippen LogP contribution in [0.25, 0.3) is 0 Å². The molecule has 1 fully saturated rings. The number of imide groups is 1. The van der Waals surface area contributed by atoms with E-state index in [1.165, 1.54) is 4.90 Å². The topological polar surface area (TPSA) is 79.6 Å². The predicted molar refractivity (Wildman–Crippen MR) is 88.8 cm³/mol. The molecule has 6 nitrogen and oxygen atoms in total. The van der Waals surface area contributed by atoms with Crippen molar-refractivity contribution in [3.05, 3.63) is 47.9 Å². The molecule has 0 bridgehead atoms. The lowest BCUT2D eigenvalue weighted by Gasteiger charge is -2.24. The van der Waals surface area contributed by atoms with Gasteiger partial charge >= 0.3 is 0 Å². The fourth-order valence-corrected chi connectivity index (χ4v) is 2.62. The summed E-state index contributed by atoms with van der Waals surface area (Å²) in [4.78, 5) is 37.1. The van der Waals surface area contributed by atoms with E-state index in [1.807, 2.05) is 6.92 Å². The fraction of sp³-hybridized carbons (Fsp3) is 0.278. The second-order valence-electron chi connectivity index (χ2n) is 5.60. The van der Waals surface area contributed by atoms with Gasteiger partial charge in [0.05, 0.1) is 5.69 Å². The zero-order valence-corrected chi connectivity index (χ0v) is 13.4. The van der Waals surface area contributed by atoms with Gasteiger partial charge in [-0.15, -0.1) is 0 Å². The summed E-state index contributed by atoms with van der Waals surface area (Å²) >= 11 is 0. The summed E-state index contributed by atoms with van der Waals surface area (Å²) in [6, 6.07) is 10.0. The van der Waals surface area contributed by atoms with Gasteiger partial charge in [-0.05, 0) is 42.8 Å². The molecule has 2 heterocycles. The fourth-order valence-electron chi connectivity index (χ4n) is 2.62. The minimum absolute atomic E-state index is 0.189. The lowest BCUT2D eigenvalue weighted by atomic mass is 10.1. The molecule has 0 atom stereocenters. The van der Waals surface area contributed by atoms with Crippen molar-refractivity contribution in [1.82, 2.24) is 0 Å². The van der Waals surface area contributed by atoms with Crippen molar-refractivity contribution in [2.24, 2.45) is 0 Å². The van der Waals surface area contributed by atoms with E-state index in [9.17, 15) is 14.4 Å². The number of carbonyl (C=O) groups is 3. The van der Waals surface area contributed by atoms with Gasteiger partial charge < -0.3 is 9.73 Å². The average Bonchev–Trinajstić information content (AvgIpc) is 3.05. The van der Waals surface area contributed by atoms with Crippen molar-refractivity contribution in [3.63, 3.8) is 0 Å². The van der Waals surface area contributed by atoms with Crippen LogP contribution < -0.4 is 10.2 Å². The standard InChI is InChI=1S/C18H18N2O4/c1-2-14-10-11-15(24-14)18(23)19-12-6-8-13(9-7-12)20-16(21)4-3-5-17(20)22/h6-11H,2-5H2,1H3,(H,19,23). The zero-order chi connectivity index (χ0) is 17.1. The number of benzene rings is 1. The number of anilines is 2. The minimum Gasteiger partial charge on any atom is -0.456 e. The van der Waals surface area contributed by atoms with Gasteiger partial charge in [0.2, 0.25) is 11.8 Å². The number of rotatable bonds is 4. The molecule has 3 rings (SSSR count). The molecule has 0 saturated carbocycles. The van der Waals surface area contributed by atoms with Crippen LogP contribution >= 0.6 is 0 Å². The number of hydrogen-bond acceptors (Lipinski definition) is 4. The van der Waals surface area contributed by atoms with Gasteiger partial charge in [0.1, 0.15) is 5.76 Å². The van der Waals surface area contributed by atoms with Crippen LogP contribution in [0, 0.1) is 0 Å². The van der Waals surface area contributed by atoms with Crippen molar-refractivity contribution in [2.75, 3.05) is 10.2 Å². The Hall–Kier alpha value is -2.89. The molecule has 2 aromatic rings. The summed E-state index contributed by atoms with van der Waals surface area (Å²) in [6.07, 6.45) is 2.08. The van der Waals surface area contributed by atoms with Gasteiger partial charge in [-0.3, -0.25) is 19.3 Å². The molecule has 6 heteroatoms. The molecule has 1 N–H and O–H groups in total. The van der Waals surface area contributed by atoms with Gasteiger partial charge in [0.25, 0.3) is 5.91 Å². The van der Waals surface area contributed by atoms with Crippen molar-refractivity contribution in [2.45, 2.75) is 32.6 Å². The van der Waals surface area contributed by atoms with Gasteiger partial charge in [-0.25, -0.2) is 0 Å². The Bertz CT molecular complexity index is 761. The van der Waals surface area contributed by atoms with Crippen LogP contribution in [0.4, 0.5) is 11.4 Å². The van der Waals surface area contributed by atoms with E-state index in [-0.39, 0.29) is 23.5 Å². The maximum Gasteiger partial charge on any atom is 0.291 e. The van der Waals surface area contributed by atoms with Crippen LogP contribution in [0.15, 0.2) is 40.8 Å². The van der Waals surface area contributed by atoms with E-state index in [4.69, 9.17) is 4.42 Å². The third kappa shape index (κ3) is 3.22. The molecule has 0 unspecified atom stereocenters. The molecule has 1 saturated heterocycles. The number of nitrogens with zero attached hydrogens (tertiary/aromatic N) is 1. The molecule has 3 amide bonds. The van der Waals surface area contributed by atoms with Gasteiger partial charge in [-0.1, -0.05) is 6.92 Å². The van der Waals surface area contributed by atoms with Crippen LogP contribution in [0.5, 0.6) is 0 Å². The Kier molecular flexibility index (Phi) is 4.46. The Balaban J connectivity index is 1.71. The van der Waals surface area contributed by atoms with E-state index in [0.29, 0.717) is 30.6 Å². The minimum atomic E-state index is -0.340. The molecule has 1 aliphatic rings. The summed E-state index contributed by atoms with van der Waals surface area (Å²) < 4.78 is 5.40. The zero-order valence-electron chi connectivity index (χ0n) is 13.4. The molecule has 0 radical (unpaired) electrons. The maximum atomic E-state index is 12.1. The van der Waals surface area contributed by atoms with Gasteiger partial charge in [0.15, 0.2) is 5.76 Å². The third-order valence-corrected chi connectivity index (χ3v) is 3.90. The molecule has 0 aliphatic carbocycles. The molecule has 124 valence electrons. The van der Waals surface area contributed by atoms with Gasteiger partial charge in [0, 0.05) is 24.9 Å². The first kappa shape index (κ1) is 16.0. The quantitative estimate of drug-likeness (QED) is 0.875. The number of amides is 3. The predicted octanol–water partition coefficient (Wildman–Crippen LogP) is 3.14. The summed E-state index contributed by atoms with van der Waals surface area (Å²) in [5.41, 5.74) is 1.09. The van der Waals surface area contributed by atoms with E-state index >= 15 is 0 Å². The lowest BCUT2D eigenvalue weighted by molar-refractivity contribution is -0.129. The Morgan fingerprint density at radius 3 is 2.33 bits per heavy atom. The molecule has 1 aromatic carbocycles. The molecule has 0 spiro atoms. The number of aryl methyl sites for hydroxylation is 1. The smallest absolute Gasteiger partial charge is 0.291 e. The normalized spacial score (nSPS) is 14.8. The largest absolute Gasteiger partial charge is 0.456 e. The molecule has 1 aliphatic heterocycles. The van der Waals surface area contributed by atoms with Crippen LogP contribution in [0.2, 0.25) is 0 Å². The molecule has 24 heavy (non-hydrogen) atoms. The van der Waals surface area contributed by atoms with Crippen molar-refractivity contribution >= 4 is 29.1 Å². The first-order valence-electron chi connectivity index (χ1n) is 7.94. The van der Waals surface area contributed by atoms with E-state index in [0.717, 1.165) is 12.2 Å². The monoisotopic (exact) mass is 326 g/mol. The van der Waals surface area contributed by atoms with Crippen molar-refractivity contribution in [1.29, 1.82) is 0 Å². The Labute approximate surface area is 139 Å². The Morgan fingerprint density at radius 1 is 1.08 bits per heavy atom. The summed E-state index contributed by atoms with van der Waals surface area (Å²) in [5.74, 6) is 0.277.